The molecule has 2 nitrogen and oxygen atoms in total. The lowest BCUT2D eigenvalue weighted by molar-refractivity contribution is 0.0414. The van der Waals surface area contributed by atoms with E-state index >= 15 is 0 Å². The van der Waals surface area contributed by atoms with Crippen LogP contribution in [0.4, 0.5) is 0 Å². The molecule has 1 aliphatic heterocycles. The SMILES string of the molecule is CC1(c2ccccc2)CNCCN1CC1CCC1. The highest BCUT2D eigenvalue weighted by atomic mass is 15.3. The number of rotatable bonds is 3. The molecule has 1 N–H and O–H groups in total. The lowest BCUT2D eigenvalue weighted by atomic mass is 9.82. The van der Waals surface area contributed by atoms with Crippen LogP contribution in [0.1, 0.15) is 31.7 Å². The van der Waals surface area contributed by atoms with Crippen molar-refractivity contribution >= 4 is 0 Å². The molecule has 98 valence electrons. The number of nitrogens with one attached hydrogen (secondary N) is 1. The van der Waals surface area contributed by atoms with Crippen LogP contribution in [0.3, 0.4) is 0 Å². The molecule has 1 unspecified atom stereocenters. The Morgan fingerprint density at radius 3 is 2.72 bits per heavy atom. The molecule has 0 bridgehead atoms. The van der Waals surface area contributed by atoms with Crippen LogP contribution in [0, 0.1) is 5.92 Å². The molecule has 1 aromatic rings. The van der Waals surface area contributed by atoms with Crippen LogP contribution in [-0.4, -0.2) is 31.1 Å². The summed E-state index contributed by atoms with van der Waals surface area (Å²) >= 11 is 0. The molecule has 1 atom stereocenters. The zero-order valence-electron chi connectivity index (χ0n) is 11.4. The molecule has 0 aromatic heterocycles. The van der Waals surface area contributed by atoms with Crippen molar-refractivity contribution in [1.82, 2.24) is 10.2 Å². The molecular weight excluding hydrogens is 220 g/mol. The maximum Gasteiger partial charge on any atom is 0.0557 e. The summed E-state index contributed by atoms with van der Waals surface area (Å²) < 4.78 is 0. The number of piperazine rings is 1. The molecule has 2 heteroatoms. The fourth-order valence-electron chi connectivity index (χ4n) is 3.27. The number of hydrogen-bond acceptors (Lipinski definition) is 2. The van der Waals surface area contributed by atoms with Gasteiger partial charge in [0.15, 0.2) is 0 Å². The van der Waals surface area contributed by atoms with E-state index in [1.54, 1.807) is 0 Å². The Morgan fingerprint density at radius 1 is 1.28 bits per heavy atom. The Hall–Kier alpha value is -0.860. The summed E-state index contributed by atoms with van der Waals surface area (Å²) in [7, 11) is 0. The van der Waals surface area contributed by atoms with Crippen molar-refractivity contribution < 1.29 is 0 Å². The average Bonchev–Trinajstić information content (AvgIpc) is 2.37. The van der Waals surface area contributed by atoms with Gasteiger partial charge in [-0.25, -0.2) is 0 Å². The smallest absolute Gasteiger partial charge is 0.0557 e. The second kappa shape index (κ2) is 5.02. The van der Waals surface area contributed by atoms with Crippen molar-refractivity contribution in [2.45, 2.75) is 31.7 Å². The van der Waals surface area contributed by atoms with E-state index in [9.17, 15) is 0 Å². The fraction of sp³-hybridized carbons (Fsp3) is 0.625. The quantitative estimate of drug-likeness (QED) is 0.879. The summed E-state index contributed by atoms with van der Waals surface area (Å²) in [5, 5.41) is 3.57. The van der Waals surface area contributed by atoms with Gasteiger partial charge in [0.2, 0.25) is 0 Å². The van der Waals surface area contributed by atoms with Crippen molar-refractivity contribution in [3.05, 3.63) is 35.9 Å². The standard InChI is InChI=1S/C16H24N2/c1-16(15-8-3-2-4-9-15)13-17-10-11-18(16)12-14-6-5-7-14/h2-4,8-9,14,17H,5-7,10-13H2,1H3. The second-order valence-electron chi connectivity index (χ2n) is 6.06. The van der Waals surface area contributed by atoms with E-state index in [0.29, 0.717) is 0 Å². The molecule has 0 spiro atoms. The minimum absolute atomic E-state index is 0.176. The lowest BCUT2D eigenvalue weighted by Crippen LogP contribution is -2.58. The summed E-state index contributed by atoms with van der Waals surface area (Å²) in [5.41, 5.74) is 1.63. The van der Waals surface area contributed by atoms with E-state index in [1.807, 2.05) is 0 Å². The van der Waals surface area contributed by atoms with E-state index in [2.05, 4.69) is 47.5 Å². The van der Waals surface area contributed by atoms with Crippen LogP contribution in [0.2, 0.25) is 0 Å². The summed E-state index contributed by atoms with van der Waals surface area (Å²) in [6.45, 7) is 7.07. The van der Waals surface area contributed by atoms with Gasteiger partial charge in [-0.05, 0) is 31.2 Å². The molecule has 1 saturated heterocycles. The summed E-state index contributed by atoms with van der Waals surface area (Å²) in [6.07, 6.45) is 4.32. The van der Waals surface area contributed by atoms with Crippen LogP contribution < -0.4 is 5.32 Å². The van der Waals surface area contributed by atoms with Gasteiger partial charge in [-0.3, -0.25) is 4.90 Å². The van der Waals surface area contributed by atoms with E-state index in [-0.39, 0.29) is 5.54 Å². The normalized spacial score (nSPS) is 30.1. The van der Waals surface area contributed by atoms with Gasteiger partial charge < -0.3 is 5.32 Å². The Labute approximate surface area is 110 Å². The van der Waals surface area contributed by atoms with Crippen molar-refractivity contribution in [3.63, 3.8) is 0 Å². The Balaban J connectivity index is 1.81. The maximum absolute atomic E-state index is 3.57. The molecule has 2 aliphatic rings. The minimum Gasteiger partial charge on any atom is -0.313 e. The third kappa shape index (κ3) is 2.19. The van der Waals surface area contributed by atoms with Gasteiger partial charge in [0.25, 0.3) is 0 Å². The van der Waals surface area contributed by atoms with E-state index < -0.39 is 0 Å². The number of hydrogen-bond donors (Lipinski definition) is 1. The zero-order chi connectivity index (χ0) is 12.4. The van der Waals surface area contributed by atoms with Crippen molar-refractivity contribution in [1.29, 1.82) is 0 Å². The highest BCUT2D eigenvalue weighted by molar-refractivity contribution is 5.25. The first-order chi connectivity index (χ1) is 8.79. The third-order valence-corrected chi connectivity index (χ3v) is 4.82. The molecule has 1 saturated carbocycles. The zero-order valence-corrected chi connectivity index (χ0v) is 11.4. The second-order valence-corrected chi connectivity index (χ2v) is 6.06. The predicted octanol–water partition coefficient (Wildman–Crippen LogP) is 2.61. The summed E-state index contributed by atoms with van der Waals surface area (Å²) in [5.74, 6) is 0.950. The molecule has 1 heterocycles. The van der Waals surface area contributed by atoms with Gasteiger partial charge in [0, 0.05) is 26.2 Å². The van der Waals surface area contributed by atoms with Crippen LogP contribution >= 0.6 is 0 Å². The maximum atomic E-state index is 3.57. The number of benzene rings is 1. The molecule has 1 aromatic carbocycles. The monoisotopic (exact) mass is 244 g/mol. The van der Waals surface area contributed by atoms with Crippen LogP contribution in [0.15, 0.2) is 30.3 Å². The molecule has 3 rings (SSSR count). The topological polar surface area (TPSA) is 15.3 Å². The highest BCUT2D eigenvalue weighted by Gasteiger charge is 2.37. The molecule has 18 heavy (non-hydrogen) atoms. The van der Waals surface area contributed by atoms with Gasteiger partial charge in [0.1, 0.15) is 0 Å². The first-order valence-corrected chi connectivity index (χ1v) is 7.30. The van der Waals surface area contributed by atoms with E-state index in [4.69, 9.17) is 0 Å². The molecule has 0 amide bonds. The Morgan fingerprint density at radius 2 is 2.06 bits per heavy atom. The van der Waals surface area contributed by atoms with Crippen molar-refractivity contribution in [2.24, 2.45) is 5.92 Å². The predicted molar refractivity (Wildman–Crippen MR) is 75.6 cm³/mol. The molecule has 1 aliphatic carbocycles. The van der Waals surface area contributed by atoms with Crippen LogP contribution in [0.5, 0.6) is 0 Å². The third-order valence-electron chi connectivity index (χ3n) is 4.82. The fourth-order valence-corrected chi connectivity index (χ4v) is 3.27. The minimum atomic E-state index is 0.176. The molecule has 0 radical (unpaired) electrons. The first kappa shape index (κ1) is 12.2. The van der Waals surface area contributed by atoms with Gasteiger partial charge >= 0.3 is 0 Å². The van der Waals surface area contributed by atoms with Crippen LogP contribution in [0.25, 0.3) is 0 Å². The lowest BCUT2D eigenvalue weighted by Gasteiger charge is -2.48. The Bertz CT molecular complexity index is 385. The highest BCUT2D eigenvalue weighted by Crippen LogP contribution is 2.34. The number of nitrogens with zero attached hydrogens (tertiary/aromatic N) is 1. The van der Waals surface area contributed by atoms with E-state index in [0.717, 1.165) is 19.0 Å². The van der Waals surface area contributed by atoms with E-state index in [1.165, 1.54) is 37.9 Å². The van der Waals surface area contributed by atoms with Crippen molar-refractivity contribution in [3.8, 4) is 0 Å². The Kier molecular flexibility index (Phi) is 3.40. The largest absolute Gasteiger partial charge is 0.313 e. The molecular formula is C16H24N2. The van der Waals surface area contributed by atoms with Gasteiger partial charge in [-0.15, -0.1) is 0 Å². The van der Waals surface area contributed by atoms with Gasteiger partial charge in [-0.2, -0.15) is 0 Å². The van der Waals surface area contributed by atoms with Crippen LogP contribution in [-0.2, 0) is 5.54 Å². The van der Waals surface area contributed by atoms with Crippen molar-refractivity contribution in [2.75, 3.05) is 26.2 Å². The van der Waals surface area contributed by atoms with Gasteiger partial charge in [-0.1, -0.05) is 36.8 Å². The summed E-state index contributed by atoms with van der Waals surface area (Å²) in [4.78, 5) is 2.71. The molecule has 2 fully saturated rings. The van der Waals surface area contributed by atoms with Gasteiger partial charge in [0.05, 0.1) is 5.54 Å². The average molecular weight is 244 g/mol. The summed E-state index contributed by atoms with van der Waals surface area (Å²) in [6, 6.07) is 11.0. The first-order valence-electron chi connectivity index (χ1n) is 7.30.